The zero-order valence-electron chi connectivity index (χ0n) is 15.3. The number of halogens is 2. The van der Waals surface area contributed by atoms with Gasteiger partial charge in [-0.1, -0.05) is 0 Å². The maximum Gasteiger partial charge on any atom is 0.414 e. The van der Waals surface area contributed by atoms with Crippen molar-refractivity contribution in [1.29, 1.82) is 0 Å². The highest BCUT2D eigenvalue weighted by Gasteiger charge is 2.33. The van der Waals surface area contributed by atoms with Crippen LogP contribution >= 0.6 is 11.8 Å². The maximum absolute atomic E-state index is 14.8. The van der Waals surface area contributed by atoms with E-state index in [2.05, 4.69) is 5.32 Å². The molecule has 0 bridgehead atoms. The summed E-state index contributed by atoms with van der Waals surface area (Å²) in [7, 11) is 0. The number of aliphatic hydroxyl groups excluding tert-OH is 1. The highest BCUT2D eigenvalue weighted by Crippen LogP contribution is 2.32. The summed E-state index contributed by atoms with van der Waals surface area (Å²) in [4.78, 5) is 15.1. The molecule has 0 saturated carbocycles. The van der Waals surface area contributed by atoms with Gasteiger partial charge in [0.2, 0.25) is 0 Å². The molecule has 0 aromatic heterocycles. The van der Waals surface area contributed by atoms with Gasteiger partial charge in [-0.15, -0.1) is 0 Å². The average Bonchev–Trinajstić information content (AvgIpc) is 2.95. The highest BCUT2D eigenvalue weighted by atomic mass is 32.2. The Kier molecular flexibility index (Phi) is 6.78. The Bertz CT molecular complexity index is 646. The van der Waals surface area contributed by atoms with Crippen molar-refractivity contribution in [2.24, 2.45) is 0 Å². The molecule has 1 aromatic carbocycles. The molecule has 2 saturated heterocycles. The molecule has 0 radical (unpaired) electrons. The van der Waals surface area contributed by atoms with Gasteiger partial charge in [-0.2, -0.15) is 11.8 Å². The first-order valence-corrected chi connectivity index (χ1v) is 10.3. The lowest BCUT2D eigenvalue weighted by atomic mass is 10.2. The Morgan fingerprint density at radius 3 is 2.52 bits per heavy atom. The third-order valence-corrected chi connectivity index (χ3v) is 5.73. The quantitative estimate of drug-likeness (QED) is 0.740. The van der Waals surface area contributed by atoms with E-state index in [1.165, 1.54) is 17.0 Å². The molecule has 1 amide bonds. The van der Waals surface area contributed by atoms with E-state index in [1.807, 2.05) is 11.8 Å². The lowest BCUT2D eigenvalue weighted by Crippen LogP contribution is -2.35. The van der Waals surface area contributed by atoms with Gasteiger partial charge >= 0.3 is 6.09 Å². The van der Waals surface area contributed by atoms with Crippen LogP contribution in [0, 0.1) is 11.6 Å². The molecule has 2 N–H and O–H groups in total. The van der Waals surface area contributed by atoms with E-state index in [0.29, 0.717) is 13.1 Å². The van der Waals surface area contributed by atoms with Crippen molar-refractivity contribution in [2.45, 2.75) is 32.1 Å². The average molecular weight is 401 g/mol. The van der Waals surface area contributed by atoms with E-state index < -0.39 is 30.1 Å². The van der Waals surface area contributed by atoms with Gasteiger partial charge in [0, 0.05) is 31.8 Å². The first-order chi connectivity index (χ1) is 13.0. The third-order valence-electron chi connectivity index (χ3n) is 4.58. The molecule has 1 unspecified atom stereocenters. The lowest BCUT2D eigenvalue weighted by molar-refractivity contribution is 0.110. The van der Waals surface area contributed by atoms with Crippen molar-refractivity contribution in [3.05, 3.63) is 23.8 Å². The number of nitrogens with zero attached hydrogens (tertiary/aromatic N) is 2. The van der Waals surface area contributed by atoms with Gasteiger partial charge in [0.15, 0.2) is 11.6 Å². The van der Waals surface area contributed by atoms with Crippen LogP contribution < -0.4 is 15.1 Å². The van der Waals surface area contributed by atoms with E-state index in [-0.39, 0.29) is 24.5 Å². The van der Waals surface area contributed by atoms with Gasteiger partial charge in [-0.05, 0) is 31.3 Å². The van der Waals surface area contributed by atoms with Gasteiger partial charge in [0.1, 0.15) is 18.0 Å². The van der Waals surface area contributed by atoms with Crippen LogP contribution in [0.1, 0.15) is 19.8 Å². The predicted molar refractivity (Wildman–Crippen MR) is 102 cm³/mol. The van der Waals surface area contributed by atoms with E-state index in [9.17, 15) is 18.7 Å². The fourth-order valence-corrected chi connectivity index (χ4v) is 4.17. The van der Waals surface area contributed by atoms with Crippen LogP contribution in [0.25, 0.3) is 0 Å². The number of hydrogen-bond donors (Lipinski definition) is 2. The molecule has 6 nitrogen and oxygen atoms in total. The smallest absolute Gasteiger partial charge is 0.414 e. The normalized spacial score (nSPS) is 22.4. The fourth-order valence-electron chi connectivity index (χ4n) is 3.30. The fraction of sp³-hybridized carbons (Fsp3) is 0.611. The van der Waals surface area contributed by atoms with Crippen molar-refractivity contribution in [2.75, 3.05) is 47.5 Å². The Balaban J connectivity index is 1.75. The van der Waals surface area contributed by atoms with Gasteiger partial charge in [0.25, 0.3) is 0 Å². The zero-order chi connectivity index (χ0) is 19.4. The van der Waals surface area contributed by atoms with Crippen molar-refractivity contribution in [3.63, 3.8) is 0 Å². The van der Waals surface area contributed by atoms with Crippen molar-refractivity contribution >= 4 is 29.2 Å². The molecule has 27 heavy (non-hydrogen) atoms. The standard InChI is InChI=1S/C18H25F2N3O3S/c1-12(24)21-10-14-11-23(18(25)26-14)13-8-15(19)17(16(20)9-13)22-4-2-6-27-7-3-5-22/h8-9,12,14,21,24H,2-7,10-11H2,1H3/t12?,14-/m0/s1. The molecule has 2 aliphatic heterocycles. The Morgan fingerprint density at radius 2 is 1.93 bits per heavy atom. The molecule has 0 aliphatic carbocycles. The summed E-state index contributed by atoms with van der Waals surface area (Å²) < 4.78 is 34.7. The Labute approximate surface area is 161 Å². The second-order valence-corrected chi connectivity index (χ2v) is 7.99. The van der Waals surface area contributed by atoms with Gasteiger partial charge in [0.05, 0.1) is 12.2 Å². The summed E-state index contributed by atoms with van der Waals surface area (Å²) in [5, 5.41) is 12.0. The molecule has 9 heteroatoms. The number of thioether (sulfide) groups is 1. The van der Waals surface area contributed by atoms with Crippen LogP contribution in [0.5, 0.6) is 0 Å². The number of nitrogens with one attached hydrogen (secondary N) is 1. The monoisotopic (exact) mass is 401 g/mol. The molecular formula is C18H25F2N3O3S. The third kappa shape index (κ3) is 5.03. The number of aliphatic hydroxyl groups is 1. The Hall–Kier alpha value is -1.58. The number of rotatable bonds is 5. The van der Waals surface area contributed by atoms with E-state index in [0.717, 1.165) is 24.3 Å². The van der Waals surface area contributed by atoms with Crippen LogP contribution in [-0.4, -0.2) is 61.2 Å². The molecule has 0 spiro atoms. The number of cyclic esters (lactones) is 1. The second kappa shape index (κ2) is 9.07. The van der Waals surface area contributed by atoms with Crippen molar-refractivity contribution in [3.8, 4) is 0 Å². The first kappa shape index (κ1) is 20.2. The Morgan fingerprint density at radius 1 is 1.30 bits per heavy atom. The molecule has 2 atom stereocenters. The number of anilines is 2. The summed E-state index contributed by atoms with van der Waals surface area (Å²) in [5.41, 5.74) is 0.117. The molecule has 150 valence electrons. The molecule has 2 heterocycles. The number of carbonyl (C=O) groups excluding carboxylic acids is 1. The van der Waals surface area contributed by atoms with Crippen LogP contribution in [0.4, 0.5) is 25.0 Å². The van der Waals surface area contributed by atoms with Gasteiger partial charge in [-0.3, -0.25) is 10.2 Å². The first-order valence-electron chi connectivity index (χ1n) is 9.17. The van der Waals surface area contributed by atoms with E-state index in [1.54, 1.807) is 11.8 Å². The SMILES string of the molecule is CC(O)NC[C@H]1CN(c2cc(F)c(N3CCCSCCC3)c(F)c2)C(=O)O1. The van der Waals surface area contributed by atoms with Gasteiger partial charge < -0.3 is 14.7 Å². The molecule has 3 rings (SSSR count). The van der Waals surface area contributed by atoms with Crippen LogP contribution in [0.3, 0.4) is 0 Å². The minimum Gasteiger partial charge on any atom is -0.443 e. The van der Waals surface area contributed by atoms with Crippen molar-refractivity contribution in [1.82, 2.24) is 5.32 Å². The largest absolute Gasteiger partial charge is 0.443 e. The van der Waals surface area contributed by atoms with Crippen molar-refractivity contribution < 1.29 is 23.4 Å². The minimum atomic E-state index is -0.733. The summed E-state index contributed by atoms with van der Waals surface area (Å²) in [5.74, 6) is 0.631. The molecule has 2 aliphatic rings. The summed E-state index contributed by atoms with van der Waals surface area (Å²) in [6, 6.07) is 2.38. The molecule has 1 aromatic rings. The van der Waals surface area contributed by atoms with Crippen LogP contribution in [-0.2, 0) is 4.74 Å². The lowest BCUT2D eigenvalue weighted by Gasteiger charge is -2.28. The summed E-state index contributed by atoms with van der Waals surface area (Å²) >= 11 is 1.87. The number of carbonyl (C=O) groups is 1. The van der Waals surface area contributed by atoms with E-state index in [4.69, 9.17) is 4.74 Å². The van der Waals surface area contributed by atoms with Gasteiger partial charge in [-0.25, -0.2) is 13.6 Å². The topological polar surface area (TPSA) is 65.0 Å². The number of amides is 1. The van der Waals surface area contributed by atoms with E-state index >= 15 is 0 Å². The van der Waals surface area contributed by atoms with Crippen LogP contribution in [0.2, 0.25) is 0 Å². The number of benzene rings is 1. The predicted octanol–water partition coefficient (Wildman–Crippen LogP) is 2.55. The zero-order valence-corrected chi connectivity index (χ0v) is 16.1. The minimum absolute atomic E-state index is 0.0227. The van der Waals surface area contributed by atoms with Crippen LogP contribution in [0.15, 0.2) is 12.1 Å². The molecular weight excluding hydrogens is 376 g/mol. The maximum atomic E-state index is 14.8. The number of ether oxygens (including phenoxy) is 1. The summed E-state index contributed by atoms with van der Waals surface area (Å²) in [6.45, 7) is 3.20. The second-order valence-electron chi connectivity index (χ2n) is 6.77. The molecule has 2 fully saturated rings. The summed E-state index contributed by atoms with van der Waals surface area (Å²) in [6.07, 6.45) is -0.126. The highest BCUT2D eigenvalue weighted by molar-refractivity contribution is 7.99. The number of hydrogen-bond acceptors (Lipinski definition) is 6.